The number of ether oxygens (including phenoxy) is 1. The molecule has 2 aromatic rings. The van der Waals surface area contributed by atoms with Crippen molar-refractivity contribution < 1.29 is 19.2 Å². The summed E-state index contributed by atoms with van der Waals surface area (Å²) in [5.41, 5.74) is 3.57. The Balaban J connectivity index is 1.61. The fourth-order valence-electron chi connectivity index (χ4n) is 4.09. The van der Waals surface area contributed by atoms with Crippen molar-refractivity contribution >= 4 is 28.0 Å². The van der Waals surface area contributed by atoms with Crippen molar-refractivity contribution in [2.24, 2.45) is 0 Å². The number of carbonyl (C=O) groups excluding carboxylic acids is 2. The molecular formula is C22H27N2O3S+. The number of ketones is 1. The topological polar surface area (TPSA) is 59.8 Å². The van der Waals surface area contributed by atoms with Crippen LogP contribution in [0.1, 0.15) is 44.8 Å². The molecule has 0 saturated carbocycles. The Bertz CT molecular complexity index is 884. The smallest absolute Gasteiger partial charge is 0.280 e. The van der Waals surface area contributed by atoms with Crippen molar-refractivity contribution in [1.82, 2.24) is 0 Å². The van der Waals surface area contributed by atoms with E-state index < -0.39 is 0 Å². The van der Waals surface area contributed by atoms with Gasteiger partial charge < -0.3 is 15.0 Å². The maximum absolute atomic E-state index is 13.4. The van der Waals surface area contributed by atoms with Crippen LogP contribution in [0.25, 0.3) is 0 Å². The van der Waals surface area contributed by atoms with Gasteiger partial charge in [0.05, 0.1) is 18.8 Å². The van der Waals surface area contributed by atoms with E-state index in [-0.39, 0.29) is 11.7 Å². The van der Waals surface area contributed by atoms with Crippen LogP contribution in [0.4, 0.5) is 5.00 Å². The molecule has 0 radical (unpaired) electrons. The van der Waals surface area contributed by atoms with Gasteiger partial charge in [-0.05, 0) is 43.7 Å². The number of hydrogen-bond donors (Lipinski definition) is 2. The summed E-state index contributed by atoms with van der Waals surface area (Å²) < 4.78 is 5.37. The number of amides is 1. The van der Waals surface area contributed by atoms with Crippen LogP contribution in [-0.2, 0) is 22.4 Å². The molecule has 2 N–H and O–H groups in total. The third kappa shape index (κ3) is 4.04. The molecular weight excluding hydrogens is 372 g/mol. The van der Waals surface area contributed by atoms with E-state index in [1.807, 2.05) is 31.2 Å². The lowest BCUT2D eigenvalue weighted by Gasteiger charge is -2.23. The number of anilines is 1. The van der Waals surface area contributed by atoms with E-state index in [9.17, 15) is 9.59 Å². The highest BCUT2D eigenvalue weighted by molar-refractivity contribution is 7.17. The Hall–Kier alpha value is -2.02. The van der Waals surface area contributed by atoms with Gasteiger partial charge in [-0.1, -0.05) is 24.3 Å². The van der Waals surface area contributed by atoms with Gasteiger partial charge in [-0.15, -0.1) is 11.3 Å². The second kappa shape index (κ2) is 8.55. The van der Waals surface area contributed by atoms with Crippen molar-refractivity contribution in [2.45, 2.75) is 32.6 Å². The quantitative estimate of drug-likeness (QED) is 0.757. The lowest BCUT2D eigenvalue weighted by Crippen LogP contribution is -3.15. The predicted octanol–water partition coefficient (Wildman–Crippen LogP) is 2.02. The van der Waals surface area contributed by atoms with Crippen molar-refractivity contribution in [3.63, 3.8) is 0 Å². The summed E-state index contributed by atoms with van der Waals surface area (Å²) >= 11 is 1.59. The number of carbonyl (C=O) groups is 2. The molecule has 1 aliphatic heterocycles. The van der Waals surface area contributed by atoms with Gasteiger partial charge in [0.1, 0.15) is 18.1 Å². The number of nitrogens with one attached hydrogen (secondary N) is 2. The highest BCUT2D eigenvalue weighted by Gasteiger charge is 2.28. The number of quaternary nitrogens is 1. The molecule has 1 fully saturated rings. The predicted molar refractivity (Wildman–Crippen MR) is 111 cm³/mol. The van der Waals surface area contributed by atoms with E-state index in [0.29, 0.717) is 19.8 Å². The first-order chi connectivity index (χ1) is 13.6. The van der Waals surface area contributed by atoms with Gasteiger partial charge in [-0.2, -0.15) is 0 Å². The molecule has 1 aliphatic carbocycles. The van der Waals surface area contributed by atoms with E-state index in [1.165, 1.54) is 9.78 Å². The number of fused-ring (bicyclic) bond motifs is 1. The Kier molecular flexibility index (Phi) is 5.90. The van der Waals surface area contributed by atoms with Gasteiger partial charge in [0.15, 0.2) is 12.3 Å². The maximum Gasteiger partial charge on any atom is 0.280 e. The highest BCUT2D eigenvalue weighted by Crippen LogP contribution is 2.39. The summed E-state index contributed by atoms with van der Waals surface area (Å²) in [7, 11) is 0. The second-order valence-electron chi connectivity index (χ2n) is 7.65. The molecule has 4 rings (SSSR count). The minimum absolute atomic E-state index is 0.0191. The Morgan fingerprint density at radius 3 is 2.68 bits per heavy atom. The SMILES string of the molecule is Cc1ccccc1C(=O)c1c(NC(=O)C[NH+]2CCOCC2)sc2c1CCCC2. The molecule has 148 valence electrons. The fourth-order valence-corrected chi connectivity index (χ4v) is 5.39. The lowest BCUT2D eigenvalue weighted by atomic mass is 9.91. The zero-order valence-corrected chi connectivity index (χ0v) is 17.1. The number of rotatable bonds is 5. The number of morpholine rings is 1. The van der Waals surface area contributed by atoms with Crippen molar-refractivity contribution in [3.8, 4) is 0 Å². The number of hydrogen-bond acceptors (Lipinski definition) is 4. The minimum Gasteiger partial charge on any atom is -0.370 e. The zero-order chi connectivity index (χ0) is 19.5. The van der Waals surface area contributed by atoms with Gasteiger partial charge in [0, 0.05) is 10.4 Å². The van der Waals surface area contributed by atoms with E-state index in [2.05, 4.69) is 5.32 Å². The summed E-state index contributed by atoms with van der Waals surface area (Å²) in [6, 6.07) is 7.70. The van der Waals surface area contributed by atoms with E-state index in [4.69, 9.17) is 4.74 Å². The second-order valence-corrected chi connectivity index (χ2v) is 8.75. The summed E-state index contributed by atoms with van der Waals surface area (Å²) in [4.78, 5) is 28.6. The summed E-state index contributed by atoms with van der Waals surface area (Å²) in [5.74, 6) is 0.0147. The van der Waals surface area contributed by atoms with Crippen LogP contribution >= 0.6 is 11.3 Å². The Morgan fingerprint density at radius 1 is 1.14 bits per heavy atom. The summed E-state index contributed by atoms with van der Waals surface area (Å²) in [6.07, 6.45) is 4.17. The van der Waals surface area contributed by atoms with Gasteiger partial charge in [0.25, 0.3) is 5.91 Å². The first-order valence-electron chi connectivity index (χ1n) is 10.1. The minimum atomic E-state index is -0.0191. The van der Waals surface area contributed by atoms with E-state index >= 15 is 0 Å². The molecule has 5 nitrogen and oxygen atoms in total. The number of thiophene rings is 1. The van der Waals surface area contributed by atoms with Crippen molar-refractivity contribution in [2.75, 3.05) is 38.2 Å². The molecule has 0 bridgehead atoms. The molecule has 28 heavy (non-hydrogen) atoms. The van der Waals surface area contributed by atoms with Gasteiger partial charge in [-0.3, -0.25) is 9.59 Å². The Morgan fingerprint density at radius 2 is 1.89 bits per heavy atom. The number of benzene rings is 1. The van der Waals surface area contributed by atoms with Gasteiger partial charge >= 0.3 is 0 Å². The lowest BCUT2D eigenvalue weighted by molar-refractivity contribution is -0.899. The van der Waals surface area contributed by atoms with Crippen LogP contribution in [0, 0.1) is 6.92 Å². The van der Waals surface area contributed by atoms with Crippen LogP contribution in [0.5, 0.6) is 0 Å². The van der Waals surface area contributed by atoms with Gasteiger partial charge in [0.2, 0.25) is 0 Å². The molecule has 0 unspecified atom stereocenters. The zero-order valence-electron chi connectivity index (χ0n) is 16.3. The molecule has 2 heterocycles. The first kappa shape index (κ1) is 19.3. The highest BCUT2D eigenvalue weighted by atomic mass is 32.1. The fraction of sp³-hybridized carbons (Fsp3) is 0.455. The molecule has 6 heteroatoms. The molecule has 1 amide bonds. The molecule has 1 saturated heterocycles. The van der Waals surface area contributed by atoms with Crippen LogP contribution in [0.2, 0.25) is 0 Å². The van der Waals surface area contributed by atoms with Crippen LogP contribution in [-0.4, -0.2) is 44.5 Å². The summed E-state index contributed by atoms with van der Waals surface area (Å²) in [5, 5.41) is 3.82. The average Bonchev–Trinajstić information content (AvgIpc) is 3.06. The monoisotopic (exact) mass is 399 g/mol. The van der Waals surface area contributed by atoms with Crippen LogP contribution in [0.3, 0.4) is 0 Å². The third-order valence-corrected chi connectivity index (χ3v) is 6.86. The molecule has 1 aromatic carbocycles. The van der Waals surface area contributed by atoms with E-state index in [1.54, 1.807) is 11.3 Å². The van der Waals surface area contributed by atoms with Crippen molar-refractivity contribution in [1.29, 1.82) is 0 Å². The molecule has 2 aliphatic rings. The standard InChI is InChI=1S/C22H26N2O3S/c1-15-6-2-3-7-16(15)21(26)20-17-8-4-5-9-18(17)28-22(20)23-19(25)14-24-10-12-27-13-11-24/h2-3,6-7H,4-5,8-14H2,1H3,(H,23,25)/p+1. The third-order valence-electron chi connectivity index (χ3n) is 5.65. The first-order valence-corrected chi connectivity index (χ1v) is 10.9. The molecule has 0 atom stereocenters. The largest absolute Gasteiger partial charge is 0.370 e. The maximum atomic E-state index is 13.4. The van der Waals surface area contributed by atoms with Crippen LogP contribution in [0.15, 0.2) is 24.3 Å². The number of aryl methyl sites for hydroxylation is 2. The van der Waals surface area contributed by atoms with Gasteiger partial charge in [-0.25, -0.2) is 0 Å². The normalized spacial score (nSPS) is 17.2. The summed E-state index contributed by atoms with van der Waals surface area (Å²) in [6.45, 7) is 5.49. The molecule has 1 aromatic heterocycles. The van der Waals surface area contributed by atoms with Crippen LogP contribution < -0.4 is 10.2 Å². The van der Waals surface area contributed by atoms with E-state index in [0.717, 1.165) is 66.0 Å². The Labute approximate surface area is 169 Å². The van der Waals surface area contributed by atoms with Crippen molar-refractivity contribution in [3.05, 3.63) is 51.4 Å². The average molecular weight is 400 g/mol. The molecule has 0 spiro atoms.